The quantitative estimate of drug-likeness (QED) is 0.794. The van der Waals surface area contributed by atoms with Gasteiger partial charge in [-0.25, -0.2) is 4.39 Å². The van der Waals surface area contributed by atoms with Crippen molar-refractivity contribution in [2.24, 2.45) is 0 Å². The molecule has 0 aliphatic carbocycles. The van der Waals surface area contributed by atoms with E-state index in [2.05, 4.69) is 5.32 Å². The van der Waals surface area contributed by atoms with Crippen molar-refractivity contribution in [2.45, 2.75) is 24.8 Å². The molecule has 1 aromatic rings. The van der Waals surface area contributed by atoms with Crippen molar-refractivity contribution >= 4 is 0 Å². The highest BCUT2D eigenvalue weighted by molar-refractivity contribution is 5.39. The molecule has 2 nitrogen and oxygen atoms in total. The first-order valence-corrected chi connectivity index (χ1v) is 7.54. The van der Waals surface area contributed by atoms with Gasteiger partial charge in [-0.3, -0.25) is 9.29 Å². The molecular weight excluding hydrogens is 360 g/mol. The molecule has 1 atom stereocenters. The molecule has 0 spiro atoms. The lowest BCUT2D eigenvalue weighted by atomic mass is 9.93. The fourth-order valence-electron chi connectivity index (χ4n) is 2.96. The van der Waals surface area contributed by atoms with E-state index in [9.17, 15) is 35.1 Å². The molecule has 1 N–H and O–H groups in total. The molecule has 1 aromatic carbocycles. The molecule has 0 bridgehead atoms. The van der Waals surface area contributed by atoms with E-state index < -0.39 is 54.0 Å². The Morgan fingerprint density at radius 1 is 1.00 bits per heavy atom. The zero-order chi connectivity index (χ0) is 18.8. The molecule has 1 fully saturated rings. The number of alkyl halides is 7. The summed E-state index contributed by atoms with van der Waals surface area (Å²) in [6.45, 7) is 0.274. The number of nitrogens with zero attached hydrogens (tertiary/aromatic N) is 1. The van der Waals surface area contributed by atoms with E-state index in [-0.39, 0.29) is 25.2 Å². The van der Waals surface area contributed by atoms with E-state index in [4.69, 9.17) is 0 Å². The summed E-state index contributed by atoms with van der Waals surface area (Å²) < 4.78 is 105. The molecule has 142 valence electrons. The first-order chi connectivity index (χ1) is 11.6. The lowest BCUT2D eigenvalue weighted by Crippen LogP contribution is -2.45. The minimum absolute atomic E-state index is 0.0397. The van der Waals surface area contributed by atoms with Crippen molar-refractivity contribution in [2.75, 3.05) is 32.9 Å². The second-order valence-electron chi connectivity index (χ2n) is 5.69. The molecule has 0 unspecified atom stereocenters. The predicted octanol–water partition coefficient (Wildman–Crippen LogP) is 4.17. The third kappa shape index (κ3) is 4.60. The highest BCUT2D eigenvalue weighted by Gasteiger charge is 2.42. The van der Waals surface area contributed by atoms with Gasteiger partial charge in [0.15, 0.2) is 0 Å². The number of halogens is 8. The van der Waals surface area contributed by atoms with Crippen LogP contribution in [0.5, 0.6) is 0 Å². The molecule has 2 rings (SSSR count). The SMILES string of the molecule is FCC[C@H](c1c(F)cc(C(F)(F)F)cc1C(F)(F)F)N1CCNCC1. The van der Waals surface area contributed by atoms with Gasteiger partial charge >= 0.3 is 12.4 Å². The molecule has 1 heterocycles. The van der Waals surface area contributed by atoms with Gasteiger partial charge in [-0.1, -0.05) is 0 Å². The number of nitrogens with one attached hydrogen (secondary N) is 1. The van der Waals surface area contributed by atoms with Crippen molar-refractivity contribution < 1.29 is 35.1 Å². The molecule has 0 aromatic heterocycles. The molecule has 1 aliphatic heterocycles. The maximum atomic E-state index is 14.3. The van der Waals surface area contributed by atoms with Crippen LogP contribution in [-0.4, -0.2) is 37.8 Å². The topological polar surface area (TPSA) is 15.3 Å². The Bertz CT molecular complexity index is 590. The minimum Gasteiger partial charge on any atom is -0.314 e. The Morgan fingerprint density at radius 2 is 1.60 bits per heavy atom. The van der Waals surface area contributed by atoms with E-state index in [1.165, 1.54) is 4.90 Å². The standard InChI is InChI=1S/C15H16F8N2/c16-2-1-12(25-5-3-24-4-6-25)13-10(15(21,22)23)7-9(8-11(13)17)14(18,19)20/h7-8,12,24H,1-6H2/t12-/m1/s1. The highest BCUT2D eigenvalue weighted by atomic mass is 19.4. The Kier molecular flexibility index (Phi) is 5.93. The van der Waals surface area contributed by atoms with Crippen LogP contribution in [0.1, 0.15) is 29.2 Å². The fraction of sp³-hybridized carbons (Fsp3) is 0.600. The van der Waals surface area contributed by atoms with Crippen LogP contribution in [0, 0.1) is 5.82 Å². The summed E-state index contributed by atoms with van der Waals surface area (Å²) in [6, 6.07) is -1.35. The molecular formula is C15H16F8N2. The third-order valence-corrected chi connectivity index (χ3v) is 4.07. The zero-order valence-electron chi connectivity index (χ0n) is 12.9. The molecule has 10 heteroatoms. The second-order valence-corrected chi connectivity index (χ2v) is 5.69. The van der Waals surface area contributed by atoms with E-state index in [1.54, 1.807) is 0 Å². The molecule has 1 saturated heterocycles. The van der Waals surface area contributed by atoms with Gasteiger partial charge in [0.05, 0.1) is 17.8 Å². The summed E-state index contributed by atoms with van der Waals surface area (Å²) in [7, 11) is 0. The molecule has 0 radical (unpaired) electrons. The van der Waals surface area contributed by atoms with Gasteiger partial charge in [0.25, 0.3) is 0 Å². The smallest absolute Gasteiger partial charge is 0.314 e. The Hall–Kier alpha value is -1.42. The maximum absolute atomic E-state index is 14.3. The zero-order valence-corrected chi connectivity index (χ0v) is 12.9. The van der Waals surface area contributed by atoms with Crippen molar-refractivity contribution in [1.29, 1.82) is 0 Å². The fourth-order valence-corrected chi connectivity index (χ4v) is 2.96. The van der Waals surface area contributed by atoms with Crippen molar-refractivity contribution in [3.63, 3.8) is 0 Å². The van der Waals surface area contributed by atoms with Crippen LogP contribution in [0.15, 0.2) is 12.1 Å². The molecule has 1 aliphatic rings. The Morgan fingerprint density at radius 3 is 2.08 bits per heavy atom. The first kappa shape index (κ1) is 19.9. The lowest BCUT2D eigenvalue weighted by molar-refractivity contribution is -0.144. The van der Waals surface area contributed by atoms with Gasteiger partial charge < -0.3 is 5.32 Å². The summed E-state index contributed by atoms with van der Waals surface area (Å²) >= 11 is 0. The van der Waals surface area contributed by atoms with E-state index in [0.29, 0.717) is 13.1 Å². The van der Waals surface area contributed by atoms with Crippen LogP contribution in [0.2, 0.25) is 0 Å². The Labute approximate surface area is 138 Å². The summed E-state index contributed by atoms with van der Waals surface area (Å²) in [5.41, 5.74) is -4.36. The predicted molar refractivity (Wildman–Crippen MR) is 74.2 cm³/mol. The van der Waals surface area contributed by atoms with Crippen LogP contribution in [0.25, 0.3) is 0 Å². The molecule has 25 heavy (non-hydrogen) atoms. The average Bonchev–Trinajstić information content (AvgIpc) is 2.51. The number of rotatable bonds is 4. The van der Waals surface area contributed by atoms with Gasteiger partial charge in [0.1, 0.15) is 5.82 Å². The average molecular weight is 376 g/mol. The van der Waals surface area contributed by atoms with E-state index in [0.717, 1.165) is 0 Å². The second kappa shape index (κ2) is 7.45. The summed E-state index contributed by atoms with van der Waals surface area (Å²) in [6.07, 6.45) is -10.8. The number of piperazine rings is 1. The Balaban J connectivity index is 2.59. The minimum atomic E-state index is -5.19. The van der Waals surface area contributed by atoms with Crippen molar-refractivity contribution in [1.82, 2.24) is 10.2 Å². The van der Waals surface area contributed by atoms with Gasteiger partial charge in [-0.05, 0) is 18.6 Å². The highest BCUT2D eigenvalue weighted by Crippen LogP contribution is 2.42. The van der Waals surface area contributed by atoms with Crippen LogP contribution in [0.4, 0.5) is 35.1 Å². The van der Waals surface area contributed by atoms with Crippen LogP contribution in [-0.2, 0) is 12.4 Å². The monoisotopic (exact) mass is 376 g/mol. The van der Waals surface area contributed by atoms with Gasteiger partial charge in [-0.2, -0.15) is 26.3 Å². The maximum Gasteiger partial charge on any atom is 0.416 e. The normalized spacial score (nSPS) is 18.4. The molecule has 0 amide bonds. The number of hydrogen-bond acceptors (Lipinski definition) is 2. The van der Waals surface area contributed by atoms with Gasteiger partial charge in [0.2, 0.25) is 0 Å². The number of hydrogen-bond donors (Lipinski definition) is 1. The van der Waals surface area contributed by atoms with E-state index in [1.807, 2.05) is 0 Å². The van der Waals surface area contributed by atoms with Gasteiger partial charge in [0, 0.05) is 37.8 Å². The third-order valence-electron chi connectivity index (χ3n) is 4.07. The summed E-state index contributed by atoms with van der Waals surface area (Å²) in [4.78, 5) is 1.46. The number of benzene rings is 1. The largest absolute Gasteiger partial charge is 0.416 e. The van der Waals surface area contributed by atoms with Crippen molar-refractivity contribution in [3.05, 3.63) is 34.6 Å². The summed E-state index contributed by atoms with van der Waals surface area (Å²) in [5.74, 6) is -1.63. The van der Waals surface area contributed by atoms with E-state index >= 15 is 0 Å². The molecule has 0 saturated carbocycles. The van der Waals surface area contributed by atoms with Crippen LogP contribution < -0.4 is 5.32 Å². The van der Waals surface area contributed by atoms with Crippen LogP contribution >= 0.6 is 0 Å². The van der Waals surface area contributed by atoms with Crippen molar-refractivity contribution in [3.8, 4) is 0 Å². The lowest BCUT2D eigenvalue weighted by Gasteiger charge is -2.36. The van der Waals surface area contributed by atoms with Crippen LogP contribution in [0.3, 0.4) is 0 Å². The summed E-state index contributed by atoms with van der Waals surface area (Å²) in [5, 5.41) is 2.95. The first-order valence-electron chi connectivity index (χ1n) is 7.54. The van der Waals surface area contributed by atoms with Gasteiger partial charge in [-0.15, -0.1) is 0 Å².